The smallest absolute Gasteiger partial charge is 0.223 e. The van der Waals surface area contributed by atoms with E-state index >= 15 is 0 Å². The third kappa shape index (κ3) is 3.77. The van der Waals surface area contributed by atoms with E-state index in [4.69, 9.17) is 4.74 Å². The van der Waals surface area contributed by atoms with Gasteiger partial charge in [-0.1, -0.05) is 44.2 Å². The van der Waals surface area contributed by atoms with E-state index in [0.717, 1.165) is 39.1 Å². The fraction of sp³-hybridized carbons (Fsp3) is 0.650. The lowest BCUT2D eigenvalue weighted by molar-refractivity contribution is -0.135. The van der Waals surface area contributed by atoms with Crippen LogP contribution in [0.2, 0.25) is 0 Å². The van der Waals surface area contributed by atoms with Gasteiger partial charge in [-0.25, -0.2) is 0 Å². The number of likely N-dealkylation sites (tertiary alicyclic amines) is 1. The fourth-order valence-corrected chi connectivity index (χ4v) is 4.02. The Labute approximate surface area is 140 Å². The van der Waals surface area contributed by atoms with Crippen LogP contribution in [0.3, 0.4) is 0 Å². The molecule has 126 valence electrons. The number of amides is 1. The Bertz CT molecular complexity index is 522. The van der Waals surface area contributed by atoms with Gasteiger partial charge in [0.25, 0.3) is 0 Å². The largest absolute Gasteiger partial charge is 0.381 e. The molecule has 2 aliphatic rings. The maximum absolute atomic E-state index is 12.8. The van der Waals surface area contributed by atoms with Crippen LogP contribution in [0, 0.1) is 5.41 Å². The molecule has 23 heavy (non-hydrogen) atoms. The van der Waals surface area contributed by atoms with Crippen LogP contribution in [0.5, 0.6) is 0 Å². The first-order chi connectivity index (χ1) is 11.0. The van der Waals surface area contributed by atoms with Gasteiger partial charge in [0.2, 0.25) is 5.91 Å². The molecule has 2 heterocycles. The third-order valence-electron chi connectivity index (χ3n) is 5.88. The van der Waals surface area contributed by atoms with E-state index < -0.39 is 0 Å². The zero-order valence-corrected chi connectivity index (χ0v) is 14.5. The zero-order valence-electron chi connectivity index (χ0n) is 14.5. The molecule has 1 aromatic carbocycles. The van der Waals surface area contributed by atoms with Gasteiger partial charge in [-0.05, 0) is 42.1 Å². The molecule has 0 saturated carbocycles. The zero-order chi connectivity index (χ0) is 16.3. The minimum absolute atomic E-state index is 0.105. The lowest BCUT2D eigenvalue weighted by Gasteiger charge is -2.44. The maximum atomic E-state index is 12.8. The molecule has 0 unspecified atom stereocenters. The van der Waals surface area contributed by atoms with Crippen molar-refractivity contribution in [3.8, 4) is 0 Å². The number of carbonyl (C=O) groups is 1. The highest BCUT2D eigenvalue weighted by atomic mass is 16.5. The van der Waals surface area contributed by atoms with Gasteiger partial charge in [0, 0.05) is 32.7 Å². The number of hydrogen-bond acceptors (Lipinski definition) is 2. The standard InChI is InChI=1S/C20H29NO2/c1-19(2,17-6-4-3-5-7-17)16-18(22)21-12-8-20(9-13-21)10-14-23-15-11-20/h3-7H,8-16H2,1-2H3. The van der Waals surface area contributed by atoms with Crippen molar-refractivity contribution in [1.29, 1.82) is 0 Å². The first-order valence-electron chi connectivity index (χ1n) is 8.92. The molecule has 3 heteroatoms. The predicted octanol–water partition coefficient (Wildman–Crippen LogP) is 3.77. The van der Waals surface area contributed by atoms with Crippen molar-refractivity contribution in [2.45, 2.75) is 51.4 Å². The molecular formula is C20H29NO2. The molecular weight excluding hydrogens is 286 g/mol. The van der Waals surface area contributed by atoms with Crippen LogP contribution >= 0.6 is 0 Å². The Balaban J connectivity index is 1.57. The Hall–Kier alpha value is -1.35. The minimum Gasteiger partial charge on any atom is -0.381 e. The van der Waals surface area contributed by atoms with Crippen LogP contribution in [0.15, 0.2) is 30.3 Å². The average Bonchev–Trinajstić information content (AvgIpc) is 2.56. The number of ether oxygens (including phenoxy) is 1. The highest BCUT2D eigenvalue weighted by molar-refractivity contribution is 5.77. The van der Waals surface area contributed by atoms with Crippen molar-refractivity contribution in [3.63, 3.8) is 0 Å². The average molecular weight is 315 g/mol. The highest BCUT2D eigenvalue weighted by Crippen LogP contribution is 2.41. The SMILES string of the molecule is CC(C)(CC(=O)N1CCC2(CCOCC2)CC1)c1ccccc1. The predicted molar refractivity (Wildman–Crippen MR) is 92.4 cm³/mol. The Morgan fingerprint density at radius 2 is 1.70 bits per heavy atom. The van der Waals surface area contributed by atoms with Crippen molar-refractivity contribution in [2.75, 3.05) is 26.3 Å². The first kappa shape index (κ1) is 16.5. The number of hydrogen-bond donors (Lipinski definition) is 0. The Morgan fingerprint density at radius 3 is 2.30 bits per heavy atom. The van der Waals surface area contributed by atoms with Crippen LogP contribution in [-0.4, -0.2) is 37.1 Å². The van der Waals surface area contributed by atoms with E-state index in [9.17, 15) is 4.79 Å². The minimum atomic E-state index is -0.105. The lowest BCUT2D eigenvalue weighted by Crippen LogP contribution is -2.46. The summed E-state index contributed by atoms with van der Waals surface area (Å²) < 4.78 is 5.51. The van der Waals surface area contributed by atoms with Gasteiger partial charge in [0.1, 0.15) is 0 Å². The van der Waals surface area contributed by atoms with Crippen LogP contribution in [0.25, 0.3) is 0 Å². The molecule has 0 aromatic heterocycles. The van der Waals surface area contributed by atoms with E-state index in [1.165, 1.54) is 18.4 Å². The summed E-state index contributed by atoms with van der Waals surface area (Å²) in [6, 6.07) is 10.4. The summed E-state index contributed by atoms with van der Waals surface area (Å²) in [4.78, 5) is 14.8. The summed E-state index contributed by atoms with van der Waals surface area (Å²) in [7, 11) is 0. The van der Waals surface area contributed by atoms with E-state index in [-0.39, 0.29) is 5.41 Å². The molecule has 1 aromatic rings. The molecule has 3 nitrogen and oxygen atoms in total. The Kier molecular flexibility index (Phi) is 4.77. The van der Waals surface area contributed by atoms with Crippen molar-refractivity contribution in [2.24, 2.45) is 5.41 Å². The molecule has 1 amide bonds. The van der Waals surface area contributed by atoms with Gasteiger partial charge < -0.3 is 9.64 Å². The molecule has 2 fully saturated rings. The van der Waals surface area contributed by atoms with Gasteiger partial charge in [-0.15, -0.1) is 0 Å². The molecule has 0 bridgehead atoms. The van der Waals surface area contributed by atoms with Gasteiger partial charge in [-0.2, -0.15) is 0 Å². The fourth-order valence-electron chi connectivity index (χ4n) is 4.02. The number of rotatable bonds is 3. The second-order valence-electron chi connectivity index (χ2n) is 7.92. The summed E-state index contributed by atoms with van der Waals surface area (Å²) >= 11 is 0. The molecule has 2 aliphatic heterocycles. The molecule has 2 saturated heterocycles. The van der Waals surface area contributed by atoms with Gasteiger partial charge >= 0.3 is 0 Å². The number of benzene rings is 1. The number of nitrogens with zero attached hydrogens (tertiary/aromatic N) is 1. The topological polar surface area (TPSA) is 29.5 Å². The molecule has 3 rings (SSSR count). The summed E-state index contributed by atoms with van der Waals surface area (Å²) in [5, 5.41) is 0. The van der Waals surface area contributed by atoms with E-state index in [1.807, 2.05) is 6.07 Å². The van der Waals surface area contributed by atoms with Crippen molar-refractivity contribution in [3.05, 3.63) is 35.9 Å². The number of piperidine rings is 1. The quantitative estimate of drug-likeness (QED) is 0.849. The van der Waals surface area contributed by atoms with Crippen LogP contribution < -0.4 is 0 Å². The molecule has 0 N–H and O–H groups in total. The first-order valence-corrected chi connectivity index (χ1v) is 8.92. The monoisotopic (exact) mass is 315 g/mol. The normalized spacial score (nSPS) is 21.4. The second-order valence-corrected chi connectivity index (χ2v) is 7.92. The van der Waals surface area contributed by atoms with Crippen LogP contribution in [-0.2, 0) is 14.9 Å². The van der Waals surface area contributed by atoms with E-state index in [0.29, 0.717) is 17.7 Å². The molecule has 0 aliphatic carbocycles. The van der Waals surface area contributed by atoms with Gasteiger partial charge in [-0.3, -0.25) is 4.79 Å². The maximum Gasteiger partial charge on any atom is 0.223 e. The van der Waals surface area contributed by atoms with E-state index in [1.54, 1.807) is 0 Å². The highest BCUT2D eigenvalue weighted by Gasteiger charge is 2.38. The number of carbonyl (C=O) groups excluding carboxylic acids is 1. The van der Waals surface area contributed by atoms with Gasteiger partial charge in [0.15, 0.2) is 0 Å². The second kappa shape index (κ2) is 6.64. The molecule has 0 atom stereocenters. The van der Waals surface area contributed by atoms with E-state index in [2.05, 4.69) is 43.0 Å². The van der Waals surface area contributed by atoms with Gasteiger partial charge in [0.05, 0.1) is 0 Å². The van der Waals surface area contributed by atoms with Crippen molar-refractivity contribution >= 4 is 5.91 Å². The lowest BCUT2D eigenvalue weighted by atomic mass is 9.72. The third-order valence-corrected chi connectivity index (χ3v) is 5.88. The summed E-state index contributed by atoms with van der Waals surface area (Å²) in [6.45, 7) is 7.98. The summed E-state index contributed by atoms with van der Waals surface area (Å²) in [5.41, 5.74) is 1.59. The molecule has 0 radical (unpaired) electrons. The summed E-state index contributed by atoms with van der Waals surface area (Å²) in [5.74, 6) is 0.306. The Morgan fingerprint density at radius 1 is 1.09 bits per heavy atom. The van der Waals surface area contributed by atoms with Crippen LogP contribution in [0.1, 0.15) is 51.5 Å². The van der Waals surface area contributed by atoms with Crippen LogP contribution in [0.4, 0.5) is 0 Å². The summed E-state index contributed by atoms with van der Waals surface area (Å²) in [6.07, 6.45) is 5.23. The van der Waals surface area contributed by atoms with Crippen molar-refractivity contribution < 1.29 is 9.53 Å². The molecule has 1 spiro atoms. The van der Waals surface area contributed by atoms with Crippen molar-refractivity contribution in [1.82, 2.24) is 4.90 Å².